The van der Waals surface area contributed by atoms with Gasteiger partial charge in [0.05, 0.1) is 0 Å². The molecule has 0 bridgehead atoms. The fourth-order valence-corrected chi connectivity index (χ4v) is 5.04. The second-order valence-electron chi connectivity index (χ2n) is 7.50. The topological polar surface area (TPSA) is 34.1 Å². The highest BCUT2D eigenvalue weighted by molar-refractivity contribution is 5.87. The van der Waals surface area contributed by atoms with Gasteiger partial charge in [0.1, 0.15) is 11.6 Å². The molecule has 18 heavy (non-hydrogen) atoms. The molecule has 0 aromatic carbocycles. The third-order valence-corrected chi connectivity index (χ3v) is 5.90. The van der Waals surface area contributed by atoms with Crippen molar-refractivity contribution in [2.45, 2.75) is 59.3 Å². The predicted octanol–water partition coefficient (Wildman–Crippen LogP) is 3.39. The zero-order chi connectivity index (χ0) is 13.1. The predicted molar refractivity (Wildman–Crippen MR) is 70.1 cm³/mol. The molecule has 0 heterocycles. The van der Waals surface area contributed by atoms with E-state index in [1.165, 1.54) is 25.7 Å². The fraction of sp³-hybridized carbons (Fsp3) is 0.875. The monoisotopic (exact) mass is 248 g/mol. The van der Waals surface area contributed by atoms with Crippen molar-refractivity contribution >= 4 is 11.6 Å². The molecule has 3 aliphatic rings. The van der Waals surface area contributed by atoms with E-state index in [1.807, 2.05) is 0 Å². The van der Waals surface area contributed by atoms with Crippen LogP contribution < -0.4 is 0 Å². The molecule has 0 aromatic rings. The van der Waals surface area contributed by atoms with Crippen molar-refractivity contribution in [1.29, 1.82) is 0 Å². The first-order valence-electron chi connectivity index (χ1n) is 7.40. The second kappa shape index (κ2) is 3.68. The number of hydrogen-bond acceptors (Lipinski definition) is 2. The van der Waals surface area contributed by atoms with Crippen molar-refractivity contribution in [2.75, 3.05) is 0 Å². The summed E-state index contributed by atoms with van der Waals surface area (Å²) in [6, 6.07) is 0. The molecule has 3 aliphatic carbocycles. The van der Waals surface area contributed by atoms with Gasteiger partial charge in [-0.1, -0.05) is 13.8 Å². The van der Waals surface area contributed by atoms with E-state index in [0.717, 1.165) is 0 Å². The van der Waals surface area contributed by atoms with E-state index in [0.29, 0.717) is 36.2 Å². The van der Waals surface area contributed by atoms with E-state index in [2.05, 4.69) is 13.8 Å². The molecule has 2 heteroatoms. The number of rotatable bonds is 3. The molecule has 0 aromatic heterocycles. The summed E-state index contributed by atoms with van der Waals surface area (Å²) in [5, 5.41) is 0. The zero-order valence-electron chi connectivity index (χ0n) is 11.8. The standard InChI is InChI=1S/C16H24O2/c1-10(17)14-15(2,11-4-5-11)8-13(18)9-16(14,3)12-6-7-12/h11-12,14H,4-9H2,1-3H3. The Morgan fingerprint density at radius 1 is 1.00 bits per heavy atom. The molecule has 2 unspecified atom stereocenters. The number of hydrogen-bond donors (Lipinski definition) is 0. The minimum Gasteiger partial charge on any atom is -0.300 e. The normalized spacial score (nSPS) is 45.1. The smallest absolute Gasteiger partial charge is 0.134 e. The lowest BCUT2D eigenvalue weighted by atomic mass is 9.51. The van der Waals surface area contributed by atoms with Crippen molar-refractivity contribution in [3.63, 3.8) is 0 Å². The van der Waals surface area contributed by atoms with Crippen LogP contribution in [0.25, 0.3) is 0 Å². The van der Waals surface area contributed by atoms with Crippen LogP contribution in [-0.4, -0.2) is 11.6 Å². The summed E-state index contributed by atoms with van der Waals surface area (Å²) in [6.45, 7) is 6.19. The molecule has 0 saturated heterocycles. The van der Waals surface area contributed by atoms with Gasteiger partial charge in [-0.3, -0.25) is 9.59 Å². The summed E-state index contributed by atoms with van der Waals surface area (Å²) in [4.78, 5) is 24.5. The number of ketones is 2. The first kappa shape index (κ1) is 12.4. The van der Waals surface area contributed by atoms with E-state index >= 15 is 0 Å². The Balaban J connectivity index is 2.02. The molecule has 3 fully saturated rings. The van der Waals surface area contributed by atoms with Gasteiger partial charge in [-0.05, 0) is 55.3 Å². The minimum atomic E-state index is -0.0431. The van der Waals surface area contributed by atoms with Gasteiger partial charge < -0.3 is 0 Å². The third kappa shape index (κ3) is 1.68. The second-order valence-corrected chi connectivity index (χ2v) is 7.50. The molecule has 0 aliphatic heterocycles. The molecule has 0 amide bonds. The summed E-state index contributed by atoms with van der Waals surface area (Å²) in [7, 11) is 0. The number of carbonyl (C=O) groups is 2. The lowest BCUT2D eigenvalue weighted by Gasteiger charge is -2.51. The van der Waals surface area contributed by atoms with E-state index in [9.17, 15) is 9.59 Å². The molecule has 2 nitrogen and oxygen atoms in total. The number of carbonyl (C=O) groups excluding carboxylic acids is 2. The van der Waals surface area contributed by atoms with Crippen molar-refractivity contribution in [1.82, 2.24) is 0 Å². The molecule has 0 spiro atoms. The maximum Gasteiger partial charge on any atom is 0.134 e. The van der Waals surface area contributed by atoms with Crippen LogP contribution in [0.15, 0.2) is 0 Å². The third-order valence-electron chi connectivity index (χ3n) is 5.90. The average Bonchev–Trinajstić information content (AvgIpc) is 3.09. The van der Waals surface area contributed by atoms with Crippen LogP contribution in [0.3, 0.4) is 0 Å². The fourth-order valence-electron chi connectivity index (χ4n) is 5.04. The van der Waals surface area contributed by atoms with Crippen molar-refractivity contribution < 1.29 is 9.59 Å². The highest BCUT2D eigenvalue weighted by Gasteiger charge is 2.62. The van der Waals surface area contributed by atoms with Gasteiger partial charge in [0.15, 0.2) is 0 Å². The van der Waals surface area contributed by atoms with Gasteiger partial charge in [-0.25, -0.2) is 0 Å². The summed E-state index contributed by atoms with van der Waals surface area (Å²) < 4.78 is 0. The van der Waals surface area contributed by atoms with Crippen molar-refractivity contribution in [3.8, 4) is 0 Å². The Bertz CT molecular complexity index is 375. The van der Waals surface area contributed by atoms with Crippen molar-refractivity contribution in [3.05, 3.63) is 0 Å². The molecule has 0 N–H and O–H groups in total. The summed E-state index contributed by atoms with van der Waals surface area (Å²) >= 11 is 0. The largest absolute Gasteiger partial charge is 0.300 e. The molecule has 2 atom stereocenters. The van der Waals surface area contributed by atoms with Crippen LogP contribution in [0.2, 0.25) is 0 Å². The van der Waals surface area contributed by atoms with Crippen LogP contribution >= 0.6 is 0 Å². The van der Waals surface area contributed by atoms with Gasteiger partial charge in [0.25, 0.3) is 0 Å². The SMILES string of the molecule is CC(=O)C1C(C)(C2CC2)CC(=O)CC1(C)C1CC1. The maximum absolute atomic E-state index is 12.3. The zero-order valence-corrected chi connectivity index (χ0v) is 11.8. The van der Waals surface area contributed by atoms with Crippen LogP contribution in [0.1, 0.15) is 59.3 Å². The maximum atomic E-state index is 12.3. The average molecular weight is 248 g/mol. The molecule has 3 saturated carbocycles. The lowest BCUT2D eigenvalue weighted by Crippen LogP contribution is -2.52. The highest BCUT2D eigenvalue weighted by Crippen LogP contribution is 2.65. The summed E-state index contributed by atoms with van der Waals surface area (Å²) in [5.74, 6) is 2.08. The molecule has 0 radical (unpaired) electrons. The van der Waals surface area contributed by atoms with Gasteiger partial charge in [0, 0.05) is 18.8 Å². The number of Topliss-reactive ketones (excluding diaryl/α,β-unsaturated/α-hetero) is 2. The Labute approximate surface area is 110 Å². The summed E-state index contributed by atoms with van der Waals surface area (Å²) in [6.07, 6.45) is 6.15. The van der Waals surface area contributed by atoms with Crippen molar-refractivity contribution in [2.24, 2.45) is 28.6 Å². The molecular formula is C16H24O2. The van der Waals surface area contributed by atoms with E-state index in [1.54, 1.807) is 6.92 Å². The quantitative estimate of drug-likeness (QED) is 0.767. The highest BCUT2D eigenvalue weighted by atomic mass is 16.1. The Morgan fingerprint density at radius 3 is 1.67 bits per heavy atom. The first-order chi connectivity index (χ1) is 8.38. The van der Waals surface area contributed by atoms with Gasteiger partial charge in [-0.2, -0.15) is 0 Å². The Morgan fingerprint density at radius 2 is 1.39 bits per heavy atom. The first-order valence-corrected chi connectivity index (χ1v) is 7.40. The van der Waals surface area contributed by atoms with E-state index in [-0.39, 0.29) is 16.7 Å². The Hall–Kier alpha value is -0.660. The molecule has 100 valence electrons. The molecular weight excluding hydrogens is 224 g/mol. The van der Waals surface area contributed by atoms with Gasteiger partial charge >= 0.3 is 0 Å². The van der Waals surface area contributed by atoms with Crippen LogP contribution in [0.4, 0.5) is 0 Å². The van der Waals surface area contributed by atoms with E-state index in [4.69, 9.17) is 0 Å². The lowest BCUT2D eigenvalue weighted by molar-refractivity contribution is -0.147. The Kier molecular flexibility index (Phi) is 2.53. The van der Waals surface area contributed by atoms with Crippen LogP contribution in [0, 0.1) is 28.6 Å². The van der Waals surface area contributed by atoms with Crippen LogP contribution in [0.5, 0.6) is 0 Å². The summed E-state index contributed by atoms with van der Waals surface area (Å²) in [5.41, 5.74) is -0.0863. The molecule has 3 rings (SSSR count). The van der Waals surface area contributed by atoms with E-state index < -0.39 is 0 Å². The minimum absolute atomic E-state index is 0.0431. The van der Waals surface area contributed by atoms with Gasteiger partial charge in [0.2, 0.25) is 0 Å². The van der Waals surface area contributed by atoms with Gasteiger partial charge in [-0.15, -0.1) is 0 Å². The van der Waals surface area contributed by atoms with Crippen LogP contribution in [-0.2, 0) is 9.59 Å².